The predicted molar refractivity (Wildman–Crippen MR) is 80.4 cm³/mol. The zero-order valence-electron chi connectivity index (χ0n) is 11.3. The lowest BCUT2D eigenvalue weighted by molar-refractivity contribution is 0.173. The highest BCUT2D eigenvalue weighted by atomic mass is 32.2. The van der Waals surface area contributed by atoms with Crippen molar-refractivity contribution in [1.29, 1.82) is 0 Å². The first-order valence-electron chi connectivity index (χ1n) is 6.89. The van der Waals surface area contributed by atoms with Crippen molar-refractivity contribution in [3.8, 4) is 0 Å². The van der Waals surface area contributed by atoms with Crippen LogP contribution in [0.1, 0.15) is 38.4 Å². The van der Waals surface area contributed by atoms with Crippen LogP contribution in [0.4, 0.5) is 5.69 Å². The van der Waals surface area contributed by atoms with E-state index in [0.29, 0.717) is 0 Å². The van der Waals surface area contributed by atoms with Gasteiger partial charge in [-0.2, -0.15) is 11.8 Å². The number of hydrogen-bond acceptors (Lipinski definition) is 3. The number of hydrogen-bond donors (Lipinski definition) is 1. The molecule has 1 unspecified atom stereocenters. The monoisotopic (exact) mass is 265 g/mol. The van der Waals surface area contributed by atoms with E-state index in [0.717, 1.165) is 30.3 Å². The number of thioether (sulfide) groups is 1. The molecule has 2 rings (SSSR count). The third kappa shape index (κ3) is 3.21. The van der Waals surface area contributed by atoms with Gasteiger partial charge in [0.25, 0.3) is 0 Å². The van der Waals surface area contributed by atoms with Gasteiger partial charge in [0.1, 0.15) is 0 Å². The fraction of sp³-hybridized carbons (Fsp3) is 0.600. The molecule has 3 heteroatoms. The van der Waals surface area contributed by atoms with Crippen molar-refractivity contribution in [2.24, 2.45) is 0 Å². The third-order valence-corrected chi connectivity index (χ3v) is 5.00. The molecule has 1 aliphatic rings. The van der Waals surface area contributed by atoms with Gasteiger partial charge in [0, 0.05) is 29.8 Å². The van der Waals surface area contributed by atoms with E-state index < -0.39 is 0 Å². The Kier molecular flexibility index (Phi) is 4.95. The second-order valence-corrected chi connectivity index (χ2v) is 6.27. The zero-order chi connectivity index (χ0) is 13.0. The Morgan fingerprint density at radius 1 is 1.33 bits per heavy atom. The molecule has 0 aliphatic carbocycles. The van der Waals surface area contributed by atoms with Gasteiger partial charge in [0.05, 0.1) is 6.10 Å². The smallest absolute Gasteiger partial charge is 0.0787 e. The minimum atomic E-state index is -0.320. The quantitative estimate of drug-likeness (QED) is 0.902. The standard InChI is InChI=1S/C15H23NOS/c1-3-14-11-16(9-10-18-14)13-7-5-12(6-8-13)15(17)4-2/h5-8,14-15,17H,3-4,9-11H2,1-2H3/t14?,15-/m0/s1. The van der Waals surface area contributed by atoms with E-state index in [1.807, 2.05) is 6.92 Å². The molecule has 0 saturated carbocycles. The number of anilines is 1. The van der Waals surface area contributed by atoms with E-state index in [2.05, 4.69) is 47.9 Å². The van der Waals surface area contributed by atoms with Crippen molar-refractivity contribution in [2.75, 3.05) is 23.7 Å². The summed E-state index contributed by atoms with van der Waals surface area (Å²) in [4.78, 5) is 2.47. The molecule has 1 aliphatic heterocycles. The van der Waals surface area contributed by atoms with E-state index in [-0.39, 0.29) is 6.10 Å². The van der Waals surface area contributed by atoms with Crippen molar-refractivity contribution in [2.45, 2.75) is 38.0 Å². The van der Waals surface area contributed by atoms with Gasteiger partial charge in [-0.05, 0) is 30.5 Å². The van der Waals surface area contributed by atoms with Crippen molar-refractivity contribution >= 4 is 17.4 Å². The lowest BCUT2D eigenvalue weighted by Gasteiger charge is -2.33. The average molecular weight is 265 g/mol. The summed E-state index contributed by atoms with van der Waals surface area (Å²) in [6, 6.07) is 8.42. The first-order chi connectivity index (χ1) is 8.74. The minimum Gasteiger partial charge on any atom is -0.388 e. The molecule has 1 aromatic carbocycles. The van der Waals surface area contributed by atoms with Crippen LogP contribution in [0.2, 0.25) is 0 Å². The van der Waals surface area contributed by atoms with Crippen LogP contribution in [-0.4, -0.2) is 29.2 Å². The lowest BCUT2D eigenvalue weighted by atomic mass is 10.1. The molecular formula is C15H23NOS. The van der Waals surface area contributed by atoms with E-state index in [1.165, 1.54) is 17.9 Å². The number of aliphatic hydroxyl groups is 1. The molecule has 0 bridgehead atoms. The molecule has 1 aromatic rings. The maximum absolute atomic E-state index is 9.79. The predicted octanol–water partition coefficient (Wildman–Crippen LogP) is 3.46. The number of nitrogens with zero attached hydrogens (tertiary/aromatic N) is 1. The zero-order valence-corrected chi connectivity index (χ0v) is 12.1. The van der Waals surface area contributed by atoms with Gasteiger partial charge in [-0.3, -0.25) is 0 Å². The Morgan fingerprint density at radius 2 is 2.06 bits per heavy atom. The van der Waals surface area contributed by atoms with Crippen molar-refractivity contribution in [3.63, 3.8) is 0 Å². The topological polar surface area (TPSA) is 23.5 Å². The van der Waals surface area contributed by atoms with E-state index >= 15 is 0 Å². The molecule has 1 saturated heterocycles. The van der Waals surface area contributed by atoms with Gasteiger partial charge in [0.2, 0.25) is 0 Å². The van der Waals surface area contributed by atoms with Crippen LogP contribution in [0.3, 0.4) is 0 Å². The molecule has 0 aromatic heterocycles. The van der Waals surface area contributed by atoms with E-state index in [4.69, 9.17) is 0 Å². The SMILES string of the molecule is CCC1CN(c2ccc([C@@H](O)CC)cc2)CCS1. The molecule has 18 heavy (non-hydrogen) atoms. The summed E-state index contributed by atoms with van der Waals surface area (Å²) in [5.74, 6) is 1.22. The van der Waals surface area contributed by atoms with Crippen molar-refractivity contribution in [3.05, 3.63) is 29.8 Å². The summed E-state index contributed by atoms with van der Waals surface area (Å²) >= 11 is 2.09. The third-order valence-electron chi connectivity index (χ3n) is 3.62. The van der Waals surface area contributed by atoms with Crippen LogP contribution < -0.4 is 4.90 Å². The largest absolute Gasteiger partial charge is 0.388 e. The first-order valence-corrected chi connectivity index (χ1v) is 7.94. The summed E-state index contributed by atoms with van der Waals surface area (Å²) in [6.45, 7) is 6.56. The highest BCUT2D eigenvalue weighted by Gasteiger charge is 2.19. The van der Waals surface area contributed by atoms with E-state index in [9.17, 15) is 5.11 Å². The molecule has 0 radical (unpaired) electrons. The maximum Gasteiger partial charge on any atom is 0.0787 e. The minimum absolute atomic E-state index is 0.320. The highest BCUT2D eigenvalue weighted by Crippen LogP contribution is 2.27. The van der Waals surface area contributed by atoms with Gasteiger partial charge >= 0.3 is 0 Å². The van der Waals surface area contributed by atoms with Crippen LogP contribution in [0.15, 0.2) is 24.3 Å². The second kappa shape index (κ2) is 6.48. The number of benzene rings is 1. The molecule has 1 fully saturated rings. The van der Waals surface area contributed by atoms with Crippen LogP contribution in [0, 0.1) is 0 Å². The highest BCUT2D eigenvalue weighted by molar-refractivity contribution is 8.00. The fourth-order valence-corrected chi connectivity index (χ4v) is 3.52. The summed E-state index contributed by atoms with van der Waals surface area (Å²) in [6.07, 6.45) is 1.70. The van der Waals surface area contributed by atoms with Crippen LogP contribution in [0.25, 0.3) is 0 Å². The van der Waals surface area contributed by atoms with Gasteiger partial charge in [-0.25, -0.2) is 0 Å². The normalized spacial score (nSPS) is 21.9. The Morgan fingerprint density at radius 3 is 2.67 bits per heavy atom. The van der Waals surface area contributed by atoms with E-state index in [1.54, 1.807) is 0 Å². The maximum atomic E-state index is 9.79. The molecular weight excluding hydrogens is 242 g/mol. The molecule has 0 spiro atoms. The molecule has 2 nitrogen and oxygen atoms in total. The summed E-state index contributed by atoms with van der Waals surface area (Å²) < 4.78 is 0. The lowest BCUT2D eigenvalue weighted by Crippen LogP contribution is -2.37. The first kappa shape index (κ1) is 13.8. The molecule has 1 N–H and O–H groups in total. The Balaban J connectivity index is 2.04. The molecule has 1 heterocycles. The van der Waals surface area contributed by atoms with Gasteiger partial charge < -0.3 is 10.0 Å². The van der Waals surface area contributed by atoms with Gasteiger partial charge in [0.15, 0.2) is 0 Å². The fourth-order valence-electron chi connectivity index (χ4n) is 2.34. The summed E-state index contributed by atoms with van der Waals surface area (Å²) in [5, 5.41) is 10.6. The van der Waals surface area contributed by atoms with Gasteiger partial charge in [-0.15, -0.1) is 0 Å². The van der Waals surface area contributed by atoms with Crippen LogP contribution in [-0.2, 0) is 0 Å². The summed E-state index contributed by atoms with van der Waals surface area (Å²) in [7, 11) is 0. The Bertz CT molecular complexity index is 365. The van der Waals surface area contributed by atoms with Crippen LogP contribution in [0.5, 0.6) is 0 Å². The van der Waals surface area contributed by atoms with Crippen molar-refractivity contribution < 1.29 is 5.11 Å². The molecule has 2 atom stereocenters. The average Bonchev–Trinajstić information content (AvgIpc) is 2.46. The second-order valence-electron chi connectivity index (χ2n) is 4.86. The van der Waals surface area contributed by atoms with Crippen molar-refractivity contribution in [1.82, 2.24) is 0 Å². The summed E-state index contributed by atoms with van der Waals surface area (Å²) in [5.41, 5.74) is 2.32. The Hall–Kier alpha value is -0.670. The van der Waals surface area contributed by atoms with Gasteiger partial charge in [-0.1, -0.05) is 26.0 Å². The van der Waals surface area contributed by atoms with Crippen LogP contribution >= 0.6 is 11.8 Å². The number of rotatable bonds is 4. The Labute approximate surface area is 114 Å². The number of aliphatic hydroxyl groups excluding tert-OH is 1. The molecule has 0 amide bonds. The molecule has 100 valence electrons.